The molecule has 0 spiro atoms. The molecule has 7 nitrogen and oxygen atoms in total. The maximum Gasteiger partial charge on any atom is 0.416 e. The Hall–Kier alpha value is -2.36. The van der Waals surface area contributed by atoms with E-state index in [2.05, 4.69) is 0 Å². The first-order valence-electron chi connectivity index (χ1n) is 8.54. The van der Waals surface area contributed by atoms with Crippen LogP contribution in [0.3, 0.4) is 0 Å². The van der Waals surface area contributed by atoms with Crippen LogP contribution in [0.2, 0.25) is 0 Å². The second-order valence-electron chi connectivity index (χ2n) is 6.79. The van der Waals surface area contributed by atoms with Gasteiger partial charge in [0, 0.05) is 25.2 Å². The minimum atomic E-state index is -4.66. The fraction of sp³-hybridized carbons (Fsp3) is 0.588. The monoisotopic (exact) mass is 389 g/mol. The van der Waals surface area contributed by atoms with Gasteiger partial charge in [0.1, 0.15) is 5.69 Å². The van der Waals surface area contributed by atoms with Crippen molar-refractivity contribution in [2.45, 2.75) is 38.4 Å². The molecule has 0 aliphatic carbocycles. The van der Waals surface area contributed by atoms with Crippen molar-refractivity contribution in [1.82, 2.24) is 4.90 Å². The van der Waals surface area contributed by atoms with E-state index in [1.54, 1.807) is 16.8 Å². The van der Waals surface area contributed by atoms with Crippen LogP contribution >= 0.6 is 0 Å². The highest BCUT2D eigenvalue weighted by Crippen LogP contribution is 2.39. The lowest BCUT2D eigenvalue weighted by molar-refractivity contribution is -0.384. The number of nitro benzene ring substituents is 1. The summed E-state index contributed by atoms with van der Waals surface area (Å²) in [5.74, 6) is -0.937. The lowest BCUT2D eigenvalue weighted by atomic mass is 10.0. The maximum absolute atomic E-state index is 13.1. The van der Waals surface area contributed by atoms with Crippen LogP contribution in [-0.4, -0.2) is 53.6 Å². The molecule has 1 fully saturated rings. The Morgan fingerprint density at radius 3 is 2.59 bits per heavy atom. The number of nitrogens with zero attached hydrogens (tertiary/aromatic N) is 3. The predicted octanol–water partition coefficient (Wildman–Crippen LogP) is 3.30. The molecule has 1 saturated heterocycles. The number of anilines is 1. The molecule has 1 aliphatic heterocycles. The molecule has 0 radical (unpaired) electrons. The number of benzene rings is 1. The number of carbonyl (C=O) groups is 1. The molecule has 0 saturated carbocycles. The van der Waals surface area contributed by atoms with Crippen LogP contribution in [0.4, 0.5) is 24.5 Å². The average molecular weight is 389 g/mol. The van der Waals surface area contributed by atoms with Crippen LogP contribution in [-0.2, 0) is 11.0 Å². The third-order valence-electron chi connectivity index (χ3n) is 4.87. The molecule has 1 aliphatic rings. The summed E-state index contributed by atoms with van der Waals surface area (Å²) in [6, 6.07) is 1.83. The third-order valence-corrected chi connectivity index (χ3v) is 4.87. The van der Waals surface area contributed by atoms with Crippen LogP contribution in [0.25, 0.3) is 0 Å². The number of halogens is 3. The molecule has 0 aromatic heterocycles. The van der Waals surface area contributed by atoms with Gasteiger partial charge in [0.05, 0.1) is 17.0 Å². The Balaban J connectivity index is 2.28. The summed E-state index contributed by atoms with van der Waals surface area (Å²) < 4.78 is 39.3. The van der Waals surface area contributed by atoms with E-state index in [1.165, 1.54) is 13.0 Å². The lowest BCUT2D eigenvalue weighted by Crippen LogP contribution is -2.36. The number of carboxylic acids is 1. The van der Waals surface area contributed by atoms with Crippen molar-refractivity contribution in [3.05, 3.63) is 33.4 Å². The third kappa shape index (κ3) is 5.09. The maximum atomic E-state index is 13.1. The van der Waals surface area contributed by atoms with E-state index in [-0.39, 0.29) is 23.8 Å². The number of carboxylic acid groups (broad SMARTS) is 1. The predicted molar refractivity (Wildman–Crippen MR) is 93.0 cm³/mol. The molecule has 1 aromatic carbocycles. The number of aryl methyl sites for hydroxylation is 1. The summed E-state index contributed by atoms with van der Waals surface area (Å²) in [7, 11) is 1.71. The highest BCUT2D eigenvalue weighted by atomic mass is 19.4. The first kappa shape index (κ1) is 20.9. The molecular formula is C17H22F3N3O4. The Morgan fingerprint density at radius 2 is 2.04 bits per heavy atom. The zero-order chi connectivity index (χ0) is 20.4. The Kier molecular flexibility index (Phi) is 6.30. The molecule has 1 unspecified atom stereocenters. The van der Waals surface area contributed by atoms with E-state index in [1.807, 2.05) is 0 Å². The standard InChI is InChI=1S/C17H22F3N3O4/c1-11-8-14(15(23(26)27)9-13(11)17(18,19)20)22-6-3-4-12(5-7-22)21(2)10-16(24)25/h8-9,12H,3-7,10H2,1-2H3,(H,24,25). The largest absolute Gasteiger partial charge is 0.480 e. The Labute approximate surface area is 154 Å². The van der Waals surface area contributed by atoms with Crippen LogP contribution in [0.1, 0.15) is 30.4 Å². The first-order chi connectivity index (χ1) is 12.5. The summed E-state index contributed by atoms with van der Waals surface area (Å²) in [6.07, 6.45) is -2.71. The van der Waals surface area contributed by atoms with Gasteiger partial charge in [-0.15, -0.1) is 0 Å². The zero-order valence-electron chi connectivity index (χ0n) is 15.1. The average Bonchev–Trinajstić information content (AvgIpc) is 2.78. The van der Waals surface area contributed by atoms with Crippen molar-refractivity contribution in [3.8, 4) is 0 Å². The second kappa shape index (κ2) is 8.12. The topological polar surface area (TPSA) is 86.9 Å². The van der Waals surface area contributed by atoms with Gasteiger partial charge in [-0.25, -0.2) is 0 Å². The molecule has 0 bridgehead atoms. The Bertz CT molecular complexity index is 724. The molecule has 150 valence electrons. The second-order valence-corrected chi connectivity index (χ2v) is 6.79. The summed E-state index contributed by atoms with van der Waals surface area (Å²) >= 11 is 0. The van der Waals surface area contributed by atoms with Gasteiger partial charge < -0.3 is 10.0 Å². The number of hydrogen-bond donors (Lipinski definition) is 1. The van der Waals surface area contributed by atoms with E-state index in [4.69, 9.17) is 5.11 Å². The fourth-order valence-corrected chi connectivity index (χ4v) is 3.49. The van der Waals surface area contributed by atoms with E-state index in [0.717, 1.165) is 0 Å². The number of nitro groups is 1. The van der Waals surface area contributed by atoms with Gasteiger partial charge in [-0.1, -0.05) is 0 Å². The molecule has 1 heterocycles. The van der Waals surface area contributed by atoms with Crippen LogP contribution in [0.15, 0.2) is 12.1 Å². The number of alkyl halides is 3. The summed E-state index contributed by atoms with van der Waals surface area (Å²) in [4.78, 5) is 24.9. The number of aliphatic carboxylic acids is 1. The molecular weight excluding hydrogens is 367 g/mol. The number of rotatable bonds is 5. The van der Waals surface area contributed by atoms with Crippen molar-refractivity contribution in [3.63, 3.8) is 0 Å². The minimum absolute atomic E-state index is 0.000649. The van der Waals surface area contributed by atoms with E-state index < -0.39 is 28.3 Å². The normalized spacial score (nSPS) is 18.4. The zero-order valence-corrected chi connectivity index (χ0v) is 15.1. The van der Waals surface area contributed by atoms with Crippen LogP contribution < -0.4 is 4.90 Å². The lowest BCUT2D eigenvalue weighted by Gasteiger charge is -2.26. The van der Waals surface area contributed by atoms with E-state index in [0.29, 0.717) is 38.4 Å². The fourth-order valence-electron chi connectivity index (χ4n) is 3.49. The molecule has 10 heteroatoms. The smallest absolute Gasteiger partial charge is 0.416 e. The van der Waals surface area contributed by atoms with Gasteiger partial charge >= 0.3 is 12.1 Å². The first-order valence-corrected chi connectivity index (χ1v) is 8.54. The Morgan fingerprint density at radius 1 is 1.37 bits per heavy atom. The summed E-state index contributed by atoms with van der Waals surface area (Å²) in [5, 5.41) is 20.3. The summed E-state index contributed by atoms with van der Waals surface area (Å²) in [6.45, 7) is 2.05. The summed E-state index contributed by atoms with van der Waals surface area (Å²) in [5.41, 5.74) is -1.46. The van der Waals surface area contributed by atoms with Gasteiger partial charge in [0.2, 0.25) is 0 Å². The van der Waals surface area contributed by atoms with Crippen LogP contribution in [0.5, 0.6) is 0 Å². The highest BCUT2D eigenvalue weighted by Gasteiger charge is 2.36. The molecule has 0 amide bonds. The SMILES string of the molecule is Cc1cc(N2CCCC(N(C)CC(=O)O)CC2)c([N+](=O)[O-])cc1C(F)(F)F. The van der Waals surface area contributed by atoms with Gasteiger partial charge in [-0.3, -0.25) is 19.8 Å². The van der Waals surface area contributed by atoms with Gasteiger partial charge in [0.15, 0.2) is 0 Å². The van der Waals surface area contributed by atoms with Crippen molar-refractivity contribution >= 4 is 17.3 Å². The van der Waals surface area contributed by atoms with Crippen molar-refractivity contribution in [2.24, 2.45) is 0 Å². The van der Waals surface area contributed by atoms with Gasteiger partial charge in [0.25, 0.3) is 5.69 Å². The molecule has 1 aromatic rings. The molecule has 1 N–H and O–H groups in total. The van der Waals surface area contributed by atoms with Crippen LogP contribution in [0, 0.1) is 17.0 Å². The van der Waals surface area contributed by atoms with Crippen molar-refractivity contribution in [2.75, 3.05) is 31.6 Å². The molecule has 1 atom stereocenters. The van der Waals surface area contributed by atoms with E-state index in [9.17, 15) is 28.1 Å². The van der Waals surface area contributed by atoms with E-state index >= 15 is 0 Å². The quantitative estimate of drug-likeness (QED) is 0.614. The van der Waals surface area contributed by atoms with Crippen molar-refractivity contribution in [1.29, 1.82) is 0 Å². The van der Waals surface area contributed by atoms with Crippen molar-refractivity contribution < 1.29 is 28.0 Å². The van der Waals surface area contributed by atoms with Gasteiger partial charge in [-0.2, -0.15) is 13.2 Å². The number of hydrogen-bond acceptors (Lipinski definition) is 5. The number of likely N-dealkylation sites (N-methyl/N-ethyl adjacent to an activating group) is 1. The molecule has 27 heavy (non-hydrogen) atoms. The van der Waals surface area contributed by atoms with Gasteiger partial charge in [-0.05, 0) is 44.9 Å². The minimum Gasteiger partial charge on any atom is -0.480 e. The molecule has 2 rings (SSSR count). The highest BCUT2D eigenvalue weighted by molar-refractivity contribution is 5.69.